The molecule has 5 rings (SSSR count). The number of benzene rings is 1. The van der Waals surface area contributed by atoms with Gasteiger partial charge < -0.3 is 20.9 Å². The Balaban J connectivity index is 1.54. The molecular weight excluding hydrogens is 444 g/mol. The molecule has 11 heteroatoms. The smallest absolute Gasteiger partial charge is 0.314 e. The number of fused-ring (bicyclic) bond motifs is 2. The molecule has 4 aromatic rings. The van der Waals surface area contributed by atoms with Crippen molar-refractivity contribution in [3.05, 3.63) is 48.8 Å². The maximum atomic E-state index is 11.5. The SMILES string of the molecule is C=C[C@@H](CC)n1ncc2nc(N3CCN(C(N)=O)CC3)nc(NC(C)c3[nH]nc4ccccc34)c21. The van der Waals surface area contributed by atoms with E-state index in [4.69, 9.17) is 15.7 Å². The average molecular weight is 475 g/mol. The number of aromatic nitrogens is 6. The highest BCUT2D eigenvalue weighted by atomic mass is 16.2. The van der Waals surface area contributed by atoms with Crippen LogP contribution in [-0.4, -0.2) is 67.1 Å². The van der Waals surface area contributed by atoms with Crippen LogP contribution in [0.3, 0.4) is 0 Å². The summed E-state index contributed by atoms with van der Waals surface area (Å²) in [6.45, 7) is 10.4. The first-order chi connectivity index (χ1) is 17.0. The zero-order valence-corrected chi connectivity index (χ0v) is 20.0. The molecule has 0 radical (unpaired) electrons. The van der Waals surface area contributed by atoms with Crippen molar-refractivity contribution < 1.29 is 4.79 Å². The Hall–Kier alpha value is -4.15. The molecule has 3 aromatic heterocycles. The highest BCUT2D eigenvalue weighted by Gasteiger charge is 2.25. The van der Waals surface area contributed by atoms with E-state index in [1.807, 2.05) is 29.0 Å². The molecule has 0 bridgehead atoms. The fraction of sp³-hybridized carbons (Fsp3) is 0.375. The zero-order valence-electron chi connectivity index (χ0n) is 20.0. The minimum Gasteiger partial charge on any atom is -0.360 e. The molecule has 0 spiro atoms. The number of nitrogens with one attached hydrogen (secondary N) is 2. The van der Waals surface area contributed by atoms with Crippen molar-refractivity contribution in [1.29, 1.82) is 0 Å². The molecule has 1 aromatic carbocycles. The number of nitrogens with zero attached hydrogens (tertiary/aromatic N) is 7. The molecule has 0 saturated carbocycles. The van der Waals surface area contributed by atoms with Crippen molar-refractivity contribution in [2.45, 2.75) is 32.4 Å². The van der Waals surface area contributed by atoms with Gasteiger partial charge in [-0.3, -0.25) is 9.78 Å². The van der Waals surface area contributed by atoms with Crippen LogP contribution in [0.5, 0.6) is 0 Å². The Kier molecular flexibility index (Phi) is 5.98. The topological polar surface area (TPSA) is 134 Å². The van der Waals surface area contributed by atoms with Gasteiger partial charge in [-0.05, 0) is 19.4 Å². The number of allylic oxidation sites excluding steroid dienone is 1. The number of rotatable bonds is 7. The van der Waals surface area contributed by atoms with Crippen molar-refractivity contribution in [1.82, 2.24) is 34.8 Å². The van der Waals surface area contributed by atoms with Crippen molar-refractivity contribution in [3.63, 3.8) is 0 Å². The first-order valence-electron chi connectivity index (χ1n) is 11.9. The van der Waals surface area contributed by atoms with Crippen molar-refractivity contribution in [2.24, 2.45) is 5.73 Å². The third-order valence-corrected chi connectivity index (χ3v) is 6.59. The maximum absolute atomic E-state index is 11.5. The van der Waals surface area contributed by atoms with Crippen LogP contribution < -0.4 is 16.0 Å². The Labute approximate surface area is 203 Å². The number of amides is 2. The van der Waals surface area contributed by atoms with Crippen LogP contribution in [0.25, 0.3) is 21.9 Å². The molecule has 35 heavy (non-hydrogen) atoms. The Morgan fingerprint density at radius 1 is 1.23 bits per heavy atom. The summed E-state index contributed by atoms with van der Waals surface area (Å²) in [4.78, 5) is 25.0. The number of hydrogen-bond donors (Lipinski definition) is 3. The molecular formula is C24H30N10O. The Morgan fingerprint density at radius 3 is 2.71 bits per heavy atom. The minimum atomic E-state index is -0.403. The number of H-pyrrole nitrogens is 1. The van der Waals surface area contributed by atoms with Crippen LogP contribution in [0.15, 0.2) is 43.1 Å². The third-order valence-electron chi connectivity index (χ3n) is 6.59. The largest absolute Gasteiger partial charge is 0.360 e. The molecule has 2 amide bonds. The van der Waals surface area contributed by atoms with Gasteiger partial charge in [0, 0.05) is 31.6 Å². The van der Waals surface area contributed by atoms with Gasteiger partial charge in [0.05, 0.1) is 29.5 Å². The van der Waals surface area contributed by atoms with Gasteiger partial charge in [-0.15, -0.1) is 6.58 Å². The van der Waals surface area contributed by atoms with Gasteiger partial charge in [-0.25, -0.2) is 9.78 Å². The van der Waals surface area contributed by atoms with Crippen LogP contribution in [0.2, 0.25) is 0 Å². The second-order valence-electron chi connectivity index (χ2n) is 8.74. The van der Waals surface area contributed by atoms with Crippen LogP contribution in [0.1, 0.15) is 38.0 Å². The lowest BCUT2D eigenvalue weighted by atomic mass is 10.1. The first kappa shape index (κ1) is 22.6. The number of carbonyl (C=O) groups is 1. The fourth-order valence-corrected chi connectivity index (χ4v) is 4.60. The predicted molar refractivity (Wildman–Crippen MR) is 136 cm³/mol. The number of nitrogens with two attached hydrogens (primary N) is 1. The molecule has 4 N–H and O–H groups in total. The zero-order chi connectivity index (χ0) is 24.5. The molecule has 0 aliphatic carbocycles. The van der Waals surface area contributed by atoms with Crippen molar-refractivity contribution >= 4 is 39.7 Å². The summed E-state index contributed by atoms with van der Waals surface area (Å²) in [6.07, 6.45) is 4.50. The number of piperazine rings is 1. The van der Waals surface area contributed by atoms with Crippen LogP contribution in [-0.2, 0) is 0 Å². The van der Waals surface area contributed by atoms with Crippen molar-refractivity contribution in [2.75, 3.05) is 36.4 Å². The number of hydrogen-bond acceptors (Lipinski definition) is 7. The normalized spacial score (nSPS) is 15.9. The number of urea groups is 1. The molecule has 1 fully saturated rings. The monoisotopic (exact) mass is 474 g/mol. The summed E-state index contributed by atoms with van der Waals surface area (Å²) < 4.78 is 1.93. The maximum Gasteiger partial charge on any atom is 0.314 e. The van der Waals surface area contributed by atoms with E-state index < -0.39 is 6.03 Å². The number of anilines is 2. The lowest BCUT2D eigenvalue weighted by Gasteiger charge is -2.34. The van der Waals surface area contributed by atoms with E-state index in [0.717, 1.165) is 34.1 Å². The highest BCUT2D eigenvalue weighted by molar-refractivity contribution is 5.88. The van der Waals surface area contributed by atoms with E-state index in [0.29, 0.717) is 37.9 Å². The number of para-hydroxylation sites is 1. The second-order valence-corrected chi connectivity index (χ2v) is 8.74. The van der Waals surface area contributed by atoms with Gasteiger partial charge in [0.1, 0.15) is 11.0 Å². The molecule has 4 heterocycles. The van der Waals surface area contributed by atoms with Gasteiger partial charge in [0.15, 0.2) is 5.82 Å². The van der Waals surface area contributed by atoms with Crippen LogP contribution >= 0.6 is 0 Å². The lowest BCUT2D eigenvalue weighted by molar-refractivity contribution is 0.204. The summed E-state index contributed by atoms with van der Waals surface area (Å²) in [5.41, 5.74) is 8.91. The highest BCUT2D eigenvalue weighted by Crippen LogP contribution is 2.31. The molecule has 1 saturated heterocycles. The molecule has 1 aliphatic heterocycles. The average Bonchev–Trinajstić information content (AvgIpc) is 3.50. The predicted octanol–water partition coefficient (Wildman–Crippen LogP) is 3.21. The van der Waals surface area contributed by atoms with E-state index in [1.165, 1.54) is 0 Å². The second kappa shape index (κ2) is 9.24. The summed E-state index contributed by atoms with van der Waals surface area (Å²) in [7, 11) is 0. The first-order valence-corrected chi connectivity index (χ1v) is 11.9. The fourth-order valence-electron chi connectivity index (χ4n) is 4.60. The summed E-state index contributed by atoms with van der Waals surface area (Å²) in [5, 5.41) is 16.9. The van der Waals surface area contributed by atoms with Gasteiger partial charge in [0.2, 0.25) is 5.95 Å². The van der Waals surface area contributed by atoms with Gasteiger partial charge in [-0.2, -0.15) is 15.2 Å². The number of aromatic amines is 1. The summed E-state index contributed by atoms with van der Waals surface area (Å²) in [6, 6.07) is 7.53. The minimum absolute atomic E-state index is 0.0184. The van der Waals surface area contributed by atoms with Crippen LogP contribution in [0.4, 0.5) is 16.6 Å². The van der Waals surface area contributed by atoms with Gasteiger partial charge in [0.25, 0.3) is 0 Å². The standard InChI is InChI=1S/C24H30N10O/c1-4-16(5-2)34-21-19(14-26-34)28-24(33-12-10-32(11-13-33)23(25)35)29-22(21)27-15(3)20-17-8-6-7-9-18(17)30-31-20/h4,6-9,14-16H,1,5,10-13H2,2-3H3,(H2,25,35)(H,30,31)(H,27,28,29)/t15?,16-/m0/s1. The van der Waals surface area contributed by atoms with Crippen molar-refractivity contribution in [3.8, 4) is 0 Å². The Bertz CT molecular complexity index is 1370. The van der Waals surface area contributed by atoms with Gasteiger partial charge >= 0.3 is 6.03 Å². The molecule has 182 valence electrons. The third kappa shape index (κ3) is 4.13. The quantitative estimate of drug-likeness (QED) is 0.350. The van der Waals surface area contributed by atoms with E-state index in [2.05, 4.69) is 52.0 Å². The molecule has 2 atom stereocenters. The van der Waals surface area contributed by atoms with Crippen LogP contribution in [0, 0.1) is 0 Å². The molecule has 1 unspecified atom stereocenters. The number of primary amides is 1. The van der Waals surface area contributed by atoms with E-state index in [-0.39, 0.29) is 12.1 Å². The molecule has 1 aliphatic rings. The van der Waals surface area contributed by atoms with E-state index in [9.17, 15) is 4.79 Å². The summed E-state index contributed by atoms with van der Waals surface area (Å²) >= 11 is 0. The number of carbonyl (C=O) groups excluding carboxylic acids is 1. The van der Waals surface area contributed by atoms with E-state index in [1.54, 1.807) is 11.1 Å². The molecule has 11 nitrogen and oxygen atoms in total. The van der Waals surface area contributed by atoms with Gasteiger partial charge in [-0.1, -0.05) is 31.2 Å². The Morgan fingerprint density at radius 2 is 2.00 bits per heavy atom. The lowest BCUT2D eigenvalue weighted by Crippen LogP contribution is -2.51. The summed E-state index contributed by atoms with van der Waals surface area (Å²) in [5.74, 6) is 1.28. The van der Waals surface area contributed by atoms with E-state index >= 15 is 0 Å².